The van der Waals surface area contributed by atoms with Gasteiger partial charge in [-0.25, -0.2) is 13.4 Å². The molecule has 30 heavy (non-hydrogen) atoms. The number of amides is 1. The Bertz CT molecular complexity index is 1140. The quantitative estimate of drug-likeness (QED) is 0.579. The first kappa shape index (κ1) is 20.4. The molecule has 1 aromatic heterocycles. The van der Waals surface area contributed by atoms with Crippen molar-refractivity contribution in [3.05, 3.63) is 60.4 Å². The van der Waals surface area contributed by atoms with Crippen LogP contribution >= 0.6 is 0 Å². The number of ether oxygens (including phenoxy) is 1. The molecule has 2 aromatic carbocycles. The number of hydrogen-bond acceptors (Lipinski definition) is 5. The van der Waals surface area contributed by atoms with E-state index in [1.165, 1.54) is 0 Å². The second-order valence-electron chi connectivity index (χ2n) is 7.44. The molecule has 1 amide bonds. The normalized spacial score (nSPS) is 17.8. The van der Waals surface area contributed by atoms with E-state index in [1.807, 2.05) is 66.1 Å². The largest absolute Gasteiger partial charge is 0.486 e. The molecule has 0 bridgehead atoms. The average Bonchev–Trinajstić information content (AvgIpc) is 3.27. The van der Waals surface area contributed by atoms with Crippen LogP contribution in [0.4, 0.5) is 0 Å². The number of carbonyl (C=O) groups is 1. The summed E-state index contributed by atoms with van der Waals surface area (Å²) in [6.07, 6.45) is 0.497. The van der Waals surface area contributed by atoms with Gasteiger partial charge in [-0.05, 0) is 37.6 Å². The van der Waals surface area contributed by atoms with Crippen molar-refractivity contribution in [3.8, 4) is 5.75 Å². The molecule has 2 heterocycles. The summed E-state index contributed by atoms with van der Waals surface area (Å²) in [6, 6.07) is 16.9. The minimum atomic E-state index is -3.06. The summed E-state index contributed by atoms with van der Waals surface area (Å²) in [5.74, 6) is 1.47. The molecule has 3 aromatic rings. The lowest BCUT2D eigenvalue weighted by molar-refractivity contribution is -0.133. The molecule has 4 rings (SSSR count). The van der Waals surface area contributed by atoms with Crippen LogP contribution in [-0.4, -0.2) is 52.9 Å². The molecule has 1 aliphatic heterocycles. The predicted octanol–water partition coefficient (Wildman–Crippen LogP) is 2.65. The zero-order valence-corrected chi connectivity index (χ0v) is 17.7. The van der Waals surface area contributed by atoms with Crippen molar-refractivity contribution >= 4 is 26.8 Å². The number of nitrogens with zero attached hydrogens (tertiary/aromatic N) is 3. The van der Waals surface area contributed by atoms with Gasteiger partial charge >= 0.3 is 0 Å². The van der Waals surface area contributed by atoms with Gasteiger partial charge in [0, 0.05) is 12.6 Å². The Labute approximate surface area is 176 Å². The van der Waals surface area contributed by atoms with E-state index in [0.29, 0.717) is 18.8 Å². The molecule has 7 nitrogen and oxygen atoms in total. The molecule has 158 valence electrons. The monoisotopic (exact) mass is 427 g/mol. The number of benzene rings is 2. The summed E-state index contributed by atoms with van der Waals surface area (Å²) >= 11 is 0. The van der Waals surface area contributed by atoms with Crippen LogP contribution in [0.25, 0.3) is 11.0 Å². The average molecular weight is 428 g/mol. The van der Waals surface area contributed by atoms with Crippen molar-refractivity contribution < 1.29 is 17.9 Å². The van der Waals surface area contributed by atoms with Crippen molar-refractivity contribution in [1.29, 1.82) is 0 Å². The van der Waals surface area contributed by atoms with Crippen molar-refractivity contribution in [1.82, 2.24) is 14.5 Å². The fraction of sp³-hybridized carbons (Fsp3) is 0.364. The van der Waals surface area contributed by atoms with Gasteiger partial charge < -0.3 is 14.2 Å². The fourth-order valence-corrected chi connectivity index (χ4v) is 5.69. The predicted molar refractivity (Wildman–Crippen MR) is 115 cm³/mol. The topological polar surface area (TPSA) is 81.5 Å². The lowest BCUT2D eigenvalue weighted by Gasteiger charge is -2.27. The Hall–Kier alpha value is -2.87. The van der Waals surface area contributed by atoms with Crippen LogP contribution in [0.1, 0.15) is 19.2 Å². The first-order valence-electron chi connectivity index (χ1n) is 10.1. The standard InChI is InChI=1S/C22H25N3O4S/c1-2-24(17-12-13-30(27,28)16-17)22(26)14-25-20-11-7-6-10-19(20)23-21(25)15-29-18-8-4-3-5-9-18/h3-11,17H,2,12-16H2,1H3. The number of aromatic nitrogens is 2. The lowest BCUT2D eigenvalue weighted by Crippen LogP contribution is -2.42. The van der Waals surface area contributed by atoms with Crippen LogP contribution < -0.4 is 4.74 Å². The summed E-state index contributed by atoms with van der Waals surface area (Å²) in [6.45, 7) is 2.68. The van der Waals surface area contributed by atoms with Crippen molar-refractivity contribution in [2.45, 2.75) is 32.5 Å². The molecule has 1 atom stereocenters. The molecule has 0 N–H and O–H groups in total. The van der Waals surface area contributed by atoms with Crippen LogP contribution in [-0.2, 0) is 27.8 Å². The third-order valence-electron chi connectivity index (χ3n) is 5.45. The summed E-state index contributed by atoms with van der Waals surface area (Å²) in [5.41, 5.74) is 1.65. The zero-order chi connectivity index (χ0) is 21.1. The maximum Gasteiger partial charge on any atom is 0.242 e. The fourth-order valence-electron chi connectivity index (χ4n) is 3.96. The van der Waals surface area contributed by atoms with Gasteiger partial charge in [0.05, 0.1) is 22.5 Å². The molecule has 1 saturated heterocycles. The number of fused-ring (bicyclic) bond motifs is 1. The zero-order valence-electron chi connectivity index (χ0n) is 16.9. The van der Waals surface area contributed by atoms with Gasteiger partial charge in [-0.3, -0.25) is 4.79 Å². The van der Waals surface area contributed by atoms with Gasteiger partial charge in [0.2, 0.25) is 5.91 Å². The summed E-state index contributed by atoms with van der Waals surface area (Å²) < 4.78 is 31.5. The van der Waals surface area contributed by atoms with Crippen molar-refractivity contribution in [3.63, 3.8) is 0 Å². The van der Waals surface area contributed by atoms with Crippen LogP contribution in [0.2, 0.25) is 0 Å². The highest BCUT2D eigenvalue weighted by molar-refractivity contribution is 7.91. The minimum Gasteiger partial charge on any atom is -0.486 e. The number of imidazole rings is 1. The number of carbonyl (C=O) groups excluding carboxylic acids is 1. The van der Waals surface area contributed by atoms with Gasteiger partial charge in [0.15, 0.2) is 9.84 Å². The van der Waals surface area contributed by atoms with Gasteiger partial charge in [-0.1, -0.05) is 30.3 Å². The molecule has 0 aliphatic carbocycles. The number of likely N-dealkylation sites (N-methyl/N-ethyl adjacent to an activating group) is 1. The van der Waals surface area contributed by atoms with E-state index < -0.39 is 9.84 Å². The minimum absolute atomic E-state index is 0.0429. The van der Waals surface area contributed by atoms with E-state index in [4.69, 9.17) is 4.74 Å². The van der Waals surface area contributed by atoms with Crippen LogP contribution in [0.5, 0.6) is 5.75 Å². The highest BCUT2D eigenvalue weighted by Crippen LogP contribution is 2.21. The Balaban J connectivity index is 1.58. The van der Waals surface area contributed by atoms with Gasteiger partial charge in [-0.15, -0.1) is 0 Å². The number of para-hydroxylation sites is 3. The molecule has 1 fully saturated rings. The Morgan fingerprint density at radius 2 is 1.90 bits per heavy atom. The van der Waals surface area contributed by atoms with E-state index >= 15 is 0 Å². The molecule has 0 spiro atoms. The highest BCUT2D eigenvalue weighted by Gasteiger charge is 2.34. The Morgan fingerprint density at radius 1 is 1.17 bits per heavy atom. The molecule has 1 aliphatic rings. The number of sulfone groups is 1. The van der Waals surface area contributed by atoms with E-state index in [1.54, 1.807) is 4.90 Å². The van der Waals surface area contributed by atoms with Crippen LogP contribution in [0.15, 0.2) is 54.6 Å². The van der Waals surface area contributed by atoms with Gasteiger partial charge in [0.1, 0.15) is 24.7 Å². The van der Waals surface area contributed by atoms with Crippen molar-refractivity contribution in [2.75, 3.05) is 18.1 Å². The van der Waals surface area contributed by atoms with Gasteiger partial charge in [-0.2, -0.15) is 0 Å². The maximum absolute atomic E-state index is 13.2. The maximum atomic E-state index is 13.2. The number of rotatable bonds is 7. The van der Waals surface area contributed by atoms with E-state index in [2.05, 4.69) is 4.98 Å². The summed E-state index contributed by atoms with van der Waals surface area (Å²) in [5, 5.41) is 0. The number of hydrogen-bond donors (Lipinski definition) is 0. The second kappa shape index (κ2) is 8.47. The first-order valence-corrected chi connectivity index (χ1v) is 11.9. The second-order valence-corrected chi connectivity index (χ2v) is 9.67. The Morgan fingerprint density at radius 3 is 2.60 bits per heavy atom. The molecule has 0 saturated carbocycles. The third-order valence-corrected chi connectivity index (χ3v) is 7.20. The lowest BCUT2D eigenvalue weighted by atomic mass is 10.2. The van der Waals surface area contributed by atoms with Crippen molar-refractivity contribution in [2.24, 2.45) is 0 Å². The van der Waals surface area contributed by atoms with E-state index in [9.17, 15) is 13.2 Å². The summed E-state index contributed by atoms with van der Waals surface area (Å²) in [7, 11) is -3.06. The van der Waals surface area contributed by atoms with Crippen LogP contribution in [0, 0.1) is 0 Å². The molecule has 8 heteroatoms. The molecule has 1 unspecified atom stereocenters. The SMILES string of the molecule is CCN(C(=O)Cn1c(COc2ccccc2)nc2ccccc21)C1CCS(=O)(=O)C1. The third kappa shape index (κ3) is 4.33. The smallest absolute Gasteiger partial charge is 0.242 e. The van der Waals surface area contributed by atoms with Gasteiger partial charge in [0.25, 0.3) is 0 Å². The molecular weight excluding hydrogens is 402 g/mol. The first-order chi connectivity index (χ1) is 14.5. The molecular formula is C22H25N3O4S. The Kier molecular flexibility index (Phi) is 5.76. The summed E-state index contributed by atoms with van der Waals surface area (Å²) in [4.78, 5) is 19.5. The molecule has 0 radical (unpaired) electrons. The van der Waals surface area contributed by atoms with E-state index in [-0.39, 0.29) is 36.6 Å². The highest BCUT2D eigenvalue weighted by atomic mass is 32.2. The van der Waals surface area contributed by atoms with E-state index in [0.717, 1.165) is 16.8 Å². The van der Waals surface area contributed by atoms with Crippen LogP contribution in [0.3, 0.4) is 0 Å².